The minimum atomic E-state index is -4.80. The third kappa shape index (κ3) is 5.75. The van der Waals surface area contributed by atoms with Gasteiger partial charge in [0.2, 0.25) is 0 Å². The number of carbonyl (C=O) groups is 3. The molecule has 0 saturated heterocycles. The van der Waals surface area contributed by atoms with E-state index < -0.39 is 29.8 Å². The zero-order chi connectivity index (χ0) is 29.2. The van der Waals surface area contributed by atoms with E-state index in [1.165, 1.54) is 44.6 Å². The molecule has 0 bridgehead atoms. The molecule has 13 nitrogen and oxygen atoms in total. The highest BCUT2D eigenvalue weighted by atomic mass is 35.5. The number of rotatable bonds is 7. The summed E-state index contributed by atoms with van der Waals surface area (Å²) < 4.78 is 44.5. The average molecular weight is 578 g/mol. The fraction of sp³-hybridized carbons (Fsp3) is 0.217. The second kappa shape index (κ2) is 11.1. The Hall–Kier alpha value is -4.86. The fourth-order valence-corrected chi connectivity index (χ4v) is 3.81. The molecule has 17 heteroatoms. The SMILES string of the molecule is CNC(=O)c1cc(C(=O)OC)cc(C)c1NC(=O)c1cc(Cn2nnc(C(F)(F)F)n2)nn1-c1ncccc1Cl. The van der Waals surface area contributed by atoms with Crippen molar-refractivity contribution in [3.8, 4) is 5.82 Å². The van der Waals surface area contributed by atoms with E-state index in [1.54, 1.807) is 13.0 Å². The highest BCUT2D eigenvalue weighted by Crippen LogP contribution is 2.27. The van der Waals surface area contributed by atoms with Crippen LogP contribution in [0.15, 0.2) is 36.5 Å². The first-order valence-corrected chi connectivity index (χ1v) is 11.6. The highest BCUT2D eigenvalue weighted by molar-refractivity contribution is 6.32. The summed E-state index contributed by atoms with van der Waals surface area (Å²) in [7, 11) is 2.56. The summed E-state index contributed by atoms with van der Waals surface area (Å²) in [5, 5.41) is 19.1. The van der Waals surface area contributed by atoms with E-state index in [-0.39, 0.29) is 45.6 Å². The van der Waals surface area contributed by atoms with Crippen molar-refractivity contribution in [3.05, 3.63) is 75.5 Å². The number of aryl methyl sites for hydroxylation is 1. The largest absolute Gasteiger partial charge is 0.465 e. The van der Waals surface area contributed by atoms with Crippen molar-refractivity contribution in [1.82, 2.24) is 40.3 Å². The van der Waals surface area contributed by atoms with Gasteiger partial charge in [0.1, 0.15) is 12.2 Å². The summed E-state index contributed by atoms with van der Waals surface area (Å²) in [5.74, 6) is -3.45. The number of esters is 1. The summed E-state index contributed by atoms with van der Waals surface area (Å²) in [6.45, 7) is 1.19. The number of nitrogens with one attached hydrogen (secondary N) is 2. The molecule has 3 aromatic heterocycles. The van der Waals surface area contributed by atoms with Crippen LogP contribution in [0, 0.1) is 6.92 Å². The lowest BCUT2D eigenvalue weighted by Crippen LogP contribution is -2.24. The van der Waals surface area contributed by atoms with Crippen molar-refractivity contribution in [3.63, 3.8) is 0 Å². The van der Waals surface area contributed by atoms with Crippen LogP contribution in [-0.2, 0) is 17.5 Å². The molecule has 0 aliphatic carbocycles. The predicted octanol–water partition coefficient (Wildman–Crippen LogP) is 2.68. The number of hydrogen-bond donors (Lipinski definition) is 2. The number of methoxy groups -OCH3 is 1. The highest BCUT2D eigenvalue weighted by Gasteiger charge is 2.37. The number of pyridine rings is 1. The van der Waals surface area contributed by atoms with Gasteiger partial charge >= 0.3 is 12.1 Å². The lowest BCUT2D eigenvalue weighted by molar-refractivity contribution is -0.145. The number of anilines is 1. The van der Waals surface area contributed by atoms with Gasteiger partial charge in [0, 0.05) is 13.2 Å². The predicted molar refractivity (Wildman–Crippen MR) is 132 cm³/mol. The van der Waals surface area contributed by atoms with Gasteiger partial charge in [-0.05, 0) is 48.0 Å². The van der Waals surface area contributed by atoms with E-state index in [9.17, 15) is 27.6 Å². The smallest absolute Gasteiger partial charge is 0.455 e. The fourth-order valence-electron chi connectivity index (χ4n) is 3.61. The Labute approximate surface area is 228 Å². The van der Waals surface area contributed by atoms with Crippen LogP contribution in [0.4, 0.5) is 18.9 Å². The van der Waals surface area contributed by atoms with Gasteiger partial charge in [-0.1, -0.05) is 11.6 Å². The topological polar surface area (TPSA) is 159 Å². The molecule has 2 N–H and O–H groups in total. The normalized spacial score (nSPS) is 11.3. The number of hydrogen-bond acceptors (Lipinski definition) is 9. The Morgan fingerprint density at radius 1 is 1.12 bits per heavy atom. The molecule has 4 rings (SSSR count). The van der Waals surface area contributed by atoms with Gasteiger partial charge in [0.15, 0.2) is 5.82 Å². The Morgan fingerprint density at radius 3 is 2.50 bits per heavy atom. The van der Waals surface area contributed by atoms with Crippen molar-refractivity contribution in [1.29, 1.82) is 0 Å². The zero-order valence-corrected chi connectivity index (χ0v) is 21.7. The van der Waals surface area contributed by atoms with Crippen LogP contribution < -0.4 is 10.6 Å². The van der Waals surface area contributed by atoms with Gasteiger partial charge in [-0.25, -0.2) is 14.5 Å². The van der Waals surface area contributed by atoms with Gasteiger partial charge in [-0.2, -0.15) is 23.1 Å². The van der Waals surface area contributed by atoms with Crippen LogP contribution in [0.5, 0.6) is 0 Å². The number of halogens is 4. The quantitative estimate of drug-likeness (QED) is 0.315. The Balaban J connectivity index is 1.76. The van der Waals surface area contributed by atoms with Crippen molar-refractivity contribution in [2.24, 2.45) is 0 Å². The van der Waals surface area contributed by atoms with Crippen LogP contribution in [0.1, 0.15) is 48.3 Å². The molecule has 40 heavy (non-hydrogen) atoms. The van der Waals surface area contributed by atoms with Crippen LogP contribution >= 0.6 is 11.6 Å². The Kier molecular flexibility index (Phi) is 7.81. The lowest BCUT2D eigenvalue weighted by atomic mass is 10.0. The van der Waals surface area contributed by atoms with Crippen molar-refractivity contribution < 1.29 is 32.3 Å². The van der Waals surface area contributed by atoms with E-state index in [0.29, 0.717) is 10.4 Å². The van der Waals surface area contributed by atoms with E-state index >= 15 is 0 Å². The van der Waals surface area contributed by atoms with E-state index in [0.717, 1.165) is 4.68 Å². The number of nitrogens with zero attached hydrogens (tertiary/aromatic N) is 7. The first kappa shape index (κ1) is 28.2. The molecule has 1 aromatic carbocycles. The van der Waals surface area contributed by atoms with Crippen LogP contribution in [0.3, 0.4) is 0 Å². The molecule has 0 aliphatic rings. The summed E-state index contributed by atoms with van der Waals surface area (Å²) in [5.41, 5.74) is 0.454. The Morgan fingerprint density at radius 2 is 1.88 bits per heavy atom. The number of amides is 2. The first-order valence-electron chi connectivity index (χ1n) is 11.2. The monoisotopic (exact) mass is 577 g/mol. The van der Waals surface area contributed by atoms with Gasteiger partial charge in [-0.15, -0.1) is 10.2 Å². The second-order valence-corrected chi connectivity index (χ2v) is 8.53. The van der Waals surface area contributed by atoms with Crippen molar-refractivity contribution >= 4 is 35.1 Å². The molecule has 0 saturated carbocycles. The molecule has 2 amide bonds. The van der Waals surface area contributed by atoms with Crippen LogP contribution in [0.2, 0.25) is 5.02 Å². The maximum atomic E-state index is 13.5. The summed E-state index contributed by atoms with van der Waals surface area (Å²) in [6, 6.07) is 7.02. The summed E-state index contributed by atoms with van der Waals surface area (Å²) >= 11 is 6.27. The molecule has 0 radical (unpaired) electrons. The second-order valence-electron chi connectivity index (χ2n) is 8.12. The molecule has 0 fully saturated rings. The minimum Gasteiger partial charge on any atom is -0.465 e. The summed E-state index contributed by atoms with van der Waals surface area (Å²) in [6.07, 6.45) is -3.40. The third-order valence-corrected chi connectivity index (χ3v) is 5.70. The van der Waals surface area contributed by atoms with Gasteiger partial charge in [-0.3, -0.25) is 9.59 Å². The lowest BCUT2D eigenvalue weighted by Gasteiger charge is -2.15. The van der Waals surface area contributed by atoms with Gasteiger partial charge in [0.05, 0.1) is 34.6 Å². The number of carbonyl (C=O) groups excluding carboxylic acids is 3. The molecule has 0 atom stereocenters. The van der Waals surface area contributed by atoms with Crippen molar-refractivity contribution in [2.45, 2.75) is 19.6 Å². The maximum absolute atomic E-state index is 13.5. The van der Waals surface area contributed by atoms with E-state index in [2.05, 4.69) is 36.1 Å². The maximum Gasteiger partial charge on any atom is 0.455 e. The summed E-state index contributed by atoms with van der Waals surface area (Å²) in [4.78, 5) is 43.0. The minimum absolute atomic E-state index is 0.0232. The Bertz CT molecular complexity index is 1620. The zero-order valence-electron chi connectivity index (χ0n) is 20.9. The number of ether oxygens (including phenoxy) is 1. The molecular weight excluding hydrogens is 559 g/mol. The molecule has 208 valence electrons. The van der Waals surface area contributed by atoms with Gasteiger partial charge in [0.25, 0.3) is 17.6 Å². The number of alkyl halides is 3. The molecule has 0 aliphatic heterocycles. The van der Waals surface area contributed by atoms with Crippen LogP contribution in [-0.4, -0.2) is 66.9 Å². The van der Waals surface area contributed by atoms with E-state index in [4.69, 9.17) is 16.3 Å². The van der Waals surface area contributed by atoms with Crippen molar-refractivity contribution in [2.75, 3.05) is 19.5 Å². The first-order chi connectivity index (χ1) is 18.9. The van der Waals surface area contributed by atoms with E-state index in [1.807, 2.05) is 0 Å². The molecule has 0 unspecified atom stereocenters. The van der Waals surface area contributed by atoms with Crippen LogP contribution in [0.25, 0.3) is 5.82 Å². The number of benzene rings is 1. The number of aromatic nitrogens is 7. The van der Waals surface area contributed by atoms with Gasteiger partial charge < -0.3 is 15.4 Å². The third-order valence-electron chi connectivity index (χ3n) is 5.41. The molecule has 0 spiro atoms. The number of tetrazole rings is 1. The molecule has 4 aromatic rings. The standard InChI is InChI=1S/C23H19ClF3N9O4/c1-11-7-12(21(39)40-3)8-14(19(37)28-2)17(11)30-20(38)16-9-13(10-35-33-22(31-34-35)23(25,26)27)32-36(16)18-15(24)5-4-6-29-18/h4-9H,10H2,1-3H3,(H,28,37)(H,30,38). The average Bonchev–Trinajstić information content (AvgIpc) is 3.56. The molecule has 3 heterocycles. The molecular formula is C23H19ClF3N9O4.